The van der Waals surface area contributed by atoms with E-state index in [0.717, 1.165) is 16.6 Å². The van der Waals surface area contributed by atoms with Crippen LogP contribution in [0, 0.1) is 6.92 Å². The number of hydrogen-bond acceptors (Lipinski definition) is 5. The third-order valence-electron chi connectivity index (χ3n) is 4.14. The Morgan fingerprint density at radius 3 is 2.81 bits per heavy atom. The SMILES string of the molecule is CCCC(NC(=O)c1nnn(-c2cccc3ncccc23)c1C)C(=O)O. The normalized spacial score (nSPS) is 12.1. The highest BCUT2D eigenvalue weighted by molar-refractivity contribution is 5.96. The van der Waals surface area contributed by atoms with Crippen molar-refractivity contribution in [3.8, 4) is 5.69 Å². The van der Waals surface area contributed by atoms with Gasteiger partial charge in [0, 0.05) is 11.6 Å². The van der Waals surface area contributed by atoms with Crippen molar-refractivity contribution in [1.82, 2.24) is 25.3 Å². The number of carbonyl (C=O) groups is 2. The maximum Gasteiger partial charge on any atom is 0.326 e. The van der Waals surface area contributed by atoms with E-state index in [1.165, 1.54) is 0 Å². The molecule has 26 heavy (non-hydrogen) atoms. The Kier molecular flexibility index (Phi) is 4.92. The van der Waals surface area contributed by atoms with E-state index >= 15 is 0 Å². The minimum Gasteiger partial charge on any atom is -0.480 e. The van der Waals surface area contributed by atoms with Crippen molar-refractivity contribution < 1.29 is 14.7 Å². The molecule has 0 saturated carbocycles. The van der Waals surface area contributed by atoms with Crippen molar-refractivity contribution in [3.63, 3.8) is 0 Å². The lowest BCUT2D eigenvalue weighted by Gasteiger charge is -2.12. The minimum atomic E-state index is -1.06. The number of benzene rings is 1. The molecule has 0 aliphatic heterocycles. The van der Waals surface area contributed by atoms with Gasteiger partial charge in [0.25, 0.3) is 5.91 Å². The molecule has 0 fully saturated rings. The topological polar surface area (TPSA) is 110 Å². The number of carbonyl (C=O) groups excluding carboxylic acids is 1. The molecule has 0 aliphatic rings. The highest BCUT2D eigenvalue weighted by atomic mass is 16.4. The first-order chi connectivity index (χ1) is 12.5. The van der Waals surface area contributed by atoms with E-state index in [1.54, 1.807) is 17.8 Å². The average molecular weight is 353 g/mol. The summed E-state index contributed by atoms with van der Waals surface area (Å²) in [6, 6.07) is 8.41. The molecule has 0 bridgehead atoms. The van der Waals surface area contributed by atoms with Crippen LogP contribution >= 0.6 is 0 Å². The van der Waals surface area contributed by atoms with Gasteiger partial charge in [-0.25, -0.2) is 9.48 Å². The summed E-state index contributed by atoms with van der Waals surface area (Å²) in [6.07, 6.45) is 2.70. The zero-order valence-electron chi connectivity index (χ0n) is 14.5. The van der Waals surface area contributed by atoms with Gasteiger partial charge in [-0.2, -0.15) is 0 Å². The Balaban J connectivity index is 1.95. The van der Waals surface area contributed by atoms with Crippen LogP contribution in [0.2, 0.25) is 0 Å². The number of pyridine rings is 1. The minimum absolute atomic E-state index is 0.105. The molecule has 3 aromatic rings. The lowest BCUT2D eigenvalue weighted by Crippen LogP contribution is -2.41. The largest absolute Gasteiger partial charge is 0.480 e. The summed E-state index contributed by atoms with van der Waals surface area (Å²) in [5.41, 5.74) is 2.19. The molecule has 0 spiro atoms. The monoisotopic (exact) mass is 353 g/mol. The van der Waals surface area contributed by atoms with Crippen LogP contribution in [0.5, 0.6) is 0 Å². The smallest absolute Gasteiger partial charge is 0.326 e. The van der Waals surface area contributed by atoms with Gasteiger partial charge in [0.15, 0.2) is 5.69 Å². The predicted octanol–water partition coefficient (Wildman–Crippen LogP) is 2.11. The molecule has 1 aromatic carbocycles. The van der Waals surface area contributed by atoms with E-state index in [1.807, 2.05) is 37.3 Å². The number of nitrogens with one attached hydrogen (secondary N) is 1. The Labute approximate surface area is 149 Å². The van der Waals surface area contributed by atoms with Gasteiger partial charge >= 0.3 is 5.97 Å². The second-order valence-electron chi connectivity index (χ2n) is 5.94. The molecular weight excluding hydrogens is 334 g/mol. The van der Waals surface area contributed by atoms with Gasteiger partial charge in [-0.15, -0.1) is 5.10 Å². The molecule has 134 valence electrons. The number of carboxylic acids is 1. The van der Waals surface area contributed by atoms with Gasteiger partial charge in [0.1, 0.15) is 6.04 Å². The van der Waals surface area contributed by atoms with Crippen molar-refractivity contribution in [2.75, 3.05) is 0 Å². The second-order valence-corrected chi connectivity index (χ2v) is 5.94. The van der Waals surface area contributed by atoms with Crippen LogP contribution in [0.1, 0.15) is 35.9 Å². The van der Waals surface area contributed by atoms with Crippen LogP contribution in [0.15, 0.2) is 36.5 Å². The number of aliphatic carboxylic acids is 1. The summed E-state index contributed by atoms with van der Waals surface area (Å²) in [4.78, 5) is 28.0. The van der Waals surface area contributed by atoms with Crippen molar-refractivity contribution in [1.29, 1.82) is 0 Å². The first-order valence-electron chi connectivity index (χ1n) is 8.33. The zero-order valence-corrected chi connectivity index (χ0v) is 14.5. The molecule has 2 N–H and O–H groups in total. The maximum atomic E-state index is 12.5. The van der Waals surface area contributed by atoms with Crippen LogP contribution in [0.3, 0.4) is 0 Å². The standard InChI is InChI=1S/C18H19N5O3/c1-3-6-14(18(25)26)20-17(24)16-11(2)23(22-21-16)15-9-4-8-13-12(15)7-5-10-19-13/h4-5,7-10,14H,3,6H2,1-2H3,(H,20,24)(H,25,26). The van der Waals surface area contributed by atoms with Crippen LogP contribution in [-0.2, 0) is 4.79 Å². The number of rotatable bonds is 6. The van der Waals surface area contributed by atoms with E-state index in [0.29, 0.717) is 18.5 Å². The zero-order chi connectivity index (χ0) is 18.7. The van der Waals surface area contributed by atoms with Crippen LogP contribution in [-0.4, -0.2) is 43.0 Å². The number of carboxylic acid groups (broad SMARTS) is 1. The third kappa shape index (κ3) is 3.26. The first-order valence-corrected chi connectivity index (χ1v) is 8.33. The predicted molar refractivity (Wildman–Crippen MR) is 95.2 cm³/mol. The van der Waals surface area contributed by atoms with E-state index in [9.17, 15) is 14.7 Å². The highest BCUT2D eigenvalue weighted by Crippen LogP contribution is 2.21. The second kappa shape index (κ2) is 7.30. The van der Waals surface area contributed by atoms with Crippen molar-refractivity contribution in [2.45, 2.75) is 32.7 Å². The third-order valence-corrected chi connectivity index (χ3v) is 4.14. The molecule has 2 aromatic heterocycles. The molecule has 8 heteroatoms. The number of fused-ring (bicyclic) bond motifs is 1. The Morgan fingerprint density at radius 2 is 2.08 bits per heavy atom. The molecular formula is C18H19N5O3. The molecule has 0 saturated heterocycles. The van der Waals surface area contributed by atoms with Gasteiger partial charge in [0.05, 0.1) is 16.9 Å². The van der Waals surface area contributed by atoms with Crippen LogP contribution < -0.4 is 5.32 Å². The van der Waals surface area contributed by atoms with Gasteiger partial charge < -0.3 is 10.4 Å². The van der Waals surface area contributed by atoms with E-state index in [4.69, 9.17) is 0 Å². The molecule has 1 unspecified atom stereocenters. The number of nitrogens with zero attached hydrogens (tertiary/aromatic N) is 4. The highest BCUT2D eigenvalue weighted by Gasteiger charge is 2.24. The Bertz CT molecular complexity index is 961. The fourth-order valence-electron chi connectivity index (χ4n) is 2.81. The maximum absolute atomic E-state index is 12.5. The van der Waals surface area contributed by atoms with Gasteiger partial charge in [-0.1, -0.05) is 24.6 Å². The molecule has 8 nitrogen and oxygen atoms in total. The van der Waals surface area contributed by atoms with Crippen molar-refractivity contribution in [2.24, 2.45) is 0 Å². The molecule has 1 amide bonds. The molecule has 0 radical (unpaired) electrons. The van der Waals surface area contributed by atoms with Crippen molar-refractivity contribution in [3.05, 3.63) is 47.9 Å². The summed E-state index contributed by atoms with van der Waals surface area (Å²) in [5, 5.41) is 20.6. The lowest BCUT2D eigenvalue weighted by atomic mass is 10.1. The first kappa shape index (κ1) is 17.5. The molecule has 1 atom stereocenters. The number of aromatic nitrogens is 4. The lowest BCUT2D eigenvalue weighted by molar-refractivity contribution is -0.139. The number of amides is 1. The van der Waals surface area contributed by atoms with Crippen LogP contribution in [0.4, 0.5) is 0 Å². The summed E-state index contributed by atoms with van der Waals surface area (Å²) >= 11 is 0. The van der Waals surface area contributed by atoms with Gasteiger partial charge in [-0.05, 0) is 37.6 Å². The van der Waals surface area contributed by atoms with Crippen LogP contribution in [0.25, 0.3) is 16.6 Å². The fourth-order valence-corrected chi connectivity index (χ4v) is 2.81. The van der Waals surface area contributed by atoms with E-state index in [-0.39, 0.29) is 5.69 Å². The van der Waals surface area contributed by atoms with Gasteiger partial charge in [-0.3, -0.25) is 9.78 Å². The van der Waals surface area contributed by atoms with Crippen molar-refractivity contribution >= 4 is 22.8 Å². The fraction of sp³-hybridized carbons (Fsp3) is 0.278. The summed E-state index contributed by atoms with van der Waals surface area (Å²) in [5.74, 6) is -1.61. The molecule has 2 heterocycles. The molecule has 0 aliphatic carbocycles. The molecule has 3 rings (SSSR count). The van der Waals surface area contributed by atoms with Gasteiger partial charge in [0.2, 0.25) is 0 Å². The summed E-state index contributed by atoms with van der Waals surface area (Å²) in [7, 11) is 0. The number of hydrogen-bond donors (Lipinski definition) is 2. The quantitative estimate of drug-likeness (QED) is 0.702. The van der Waals surface area contributed by atoms with E-state index < -0.39 is 17.9 Å². The van der Waals surface area contributed by atoms with E-state index in [2.05, 4.69) is 20.6 Å². The average Bonchev–Trinajstić information content (AvgIpc) is 3.02. The summed E-state index contributed by atoms with van der Waals surface area (Å²) < 4.78 is 1.56. The Morgan fingerprint density at radius 1 is 1.27 bits per heavy atom. The Hall–Kier alpha value is -3.29. The summed E-state index contributed by atoms with van der Waals surface area (Å²) in [6.45, 7) is 3.58.